The Morgan fingerprint density at radius 2 is 2.47 bits per heavy atom. The summed E-state index contributed by atoms with van der Waals surface area (Å²) in [5.74, 6) is 0.690. The largest absolute Gasteiger partial charge is 0.345 e. The summed E-state index contributed by atoms with van der Waals surface area (Å²) >= 11 is 0. The van der Waals surface area contributed by atoms with Crippen molar-refractivity contribution >= 4 is 6.29 Å². The van der Waals surface area contributed by atoms with Crippen LogP contribution in [0.2, 0.25) is 0 Å². The van der Waals surface area contributed by atoms with Gasteiger partial charge >= 0.3 is 0 Å². The van der Waals surface area contributed by atoms with Crippen LogP contribution in [0.5, 0.6) is 0 Å². The van der Waals surface area contributed by atoms with E-state index in [0.29, 0.717) is 5.92 Å². The van der Waals surface area contributed by atoms with E-state index >= 15 is 0 Å². The Morgan fingerprint density at radius 3 is 3.20 bits per heavy atom. The summed E-state index contributed by atoms with van der Waals surface area (Å²) in [7, 11) is 2.17. The molecule has 1 aromatic heterocycles. The first kappa shape index (κ1) is 10.4. The van der Waals surface area contributed by atoms with Gasteiger partial charge in [-0.2, -0.15) is 0 Å². The number of aldehydes is 1. The molecule has 82 valence electrons. The molecule has 15 heavy (non-hydrogen) atoms. The van der Waals surface area contributed by atoms with Crippen LogP contribution in [0.15, 0.2) is 18.3 Å². The molecule has 0 amide bonds. The molecule has 3 nitrogen and oxygen atoms in total. The molecule has 1 aromatic rings. The van der Waals surface area contributed by atoms with Crippen molar-refractivity contribution in [2.75, 3.05) is 20.1 Å². The summed E-state index contributed by atoms with van der Waals surface area (Å²) in [6, 6.07) is 3.82. The molecule has 1 aliphatic heterocycles. The number of hydrogen-bond acceptors (Lipinski definition) is 2. The highest BCUT2D eigenvalue weighted by molar-refractivity contribution is 5.72. The van der Waals surface area contributed by atoms with Crippen molar-refractivity contribution in [2.24, 2.45) is 5.92 Å². The molecule has 1 atom stereocenters. The normalized spacial score (nSPS) is 22.9. The maximum atomic E-state index is 10.8. The molecule has 3 heteroatoms. The zero-order valence-electron chi connectivity index (χ0n) is 9.22. The number of piperidine rings is 1. The number of rotatable bonds is 3. The fourth-order valence-electron chi connectivity index (χ4n) is 2.40. The highest BCUT2D eigenvalue weighted by Gasteiger charge is 2.17. The van der Waals surface area contributed by atoms with Gasteiger partial charge in [0.15, 0.2) is 6.29 Å². The fourth-order valence-corrected chi connectivity index (χ4v) is 2.40. The van der Waals surface area contributed by atoms with Crippen molar-refractivity contribution in [3.8, 4) is 0 Å². The minimum atomic E-state index is 0.690. The Hall–Kier alpha value is -1.09. The summed E-state index contributed by atoms with van der Waals surface area (Å²) in [6.45, 7) is 3.34. The Kier molecular flexibility index (Phi) is 3.21. The van der Waals surface area contributed by atoms with Gasteiger partial charge in [-0.3, -0.25) is 4.79 Å². The van der Waals surface area contributed by atoms with Crippen molar-refractivity contribution in [3.05, 3.63) is 24.0 Å². The standard InChI is InChI=1S/C12H18N2O/c1-13-6-2-4-11(8-13)9-14-7-3-5-12(14)10-15/h3,5,7,10-11H,2,4,6,8-9H2,1H3. The minimum Gasteiger partial charge on any atom is -0.345 e. The summed E-state index contributed by atoms with van der Waals surface area (Å²) in [4.78, 5) is 13.1. The summed E-state index contributed by atoms with van der Waals surface area (Å²) in [5.41, 5.74) is 0.795. The van der Waals surface area contributed by atoms with Gasteiger partial charge in [0.2, 0.25) is 0 Å². The third kappa shape index (κ3) is 2.48. The van der Waals surface area contributed by atoms with E-state index in [0.717, 1.165) is 25.1 Å². The van der Waals surface area contributed by atoms with Gasteiger partial charge < -0.3 is 9.47 Å². The van der Waals surface area contributed by atoms with E-state index in [-0.39, 0.29) is 0 Å². The summed E-state index contributed by atoms with van der Waals surface area (Å²) in [5, 5.41) is 0. The second kappa shape index (κ2) is 4.62. The number of carbonyl (C=O) groups is 1. The van der Waals surface area contributed by atoms with Gasteiger partial charge in [-0.05, 0) is 44.5 Å². The molecule has 1 fully saturated rings. The van der Waals surface area contributed by atoms with Gasteiger partial charge in [-0.15, -0.1) is 0 Å². The number of aromatic nitrogens is 1. The Morgan fingerprint density at radius 1 is 1.60 bits per heavy atom. The van der Waals surface area contributed by atoms with E-state index in [4.69, 9.17) is 0 Å². The molecule has 0 bridgehead atoms. The zero-order chi connectivity index (χ0) is 10.7. The van der Waals surface area contributed by atoms with Crippen molar-refractivity contribution < 1.29 is 4.79 Å². The van der Waals surface area contributed by atoms with Gasteiger partial charge in [-0.1, -0.05) is 0 Å². The summed E-state index contributed by atoms with van der Waals surface area (Å²) in [6.07, 6.45) is 5.49. The summed E-state index contributed by atoms with van der Waals surface area (Å²) < 4.78 is 2.07. The zero-order valence-corrected chi connectivity index (χ0v) is 9.22. The maximum Gasteiger partial charge on any atom is 0.166 e. The molecule has 0 N–H and O–H groups in total. The van der Waals surface area contributed by atoms with Gasteiger partial charge in [0.25, 0.3) is 0 Å². The lowest BCUT2D eigenvalue weighted by atomic mass is 9.98. The average Bonchev–Trinajstić information content (AvgIpc) is 2.65. The van der Waals surface area contributed by atoms with E-state index in [1.54, 1.807) is 0 Å². The maximum absolute atomic E-state index is 10.8. The third-order valence-corrected chi connectivity index (χ3v) is 3.16. The highest BCUT2D eigenvalue weighted by atomic mass is 16.1. The van der Waals surface area contributed by atoms with E-state index in [9.17, 15) is 4.79 Å². The molecule has 2 heterocycles. The number of carbonyl (C=O) groups excluding carboxylic acids is 1. The number of hydrogen-bond donors (Lipinski definition) is 0. The van der Waals surface area contributed by atoms with Crippen LogP contribution in [-0.4, -0.2) is 35.9 Å². The smallest absolute Gasteiger partial charge is 0.166 e. The third-order valence-electron chi connectivity index (χ3n) is 3.16. The van der Waals surface area contributed by atoms with Crippen molar-refractivity contribution in [1.29, 1.82) is 0 Å². The Balaban J connectivity index is 1.98. The quantitative estimate of drug-likeness (QED) is 0.702. The van der Waals surface area contributed by atoms with Crippen molar-refractivity contribution in [3.63, 3.8) is 0 Å². The lowest BCUT2D eigenvalue weighted by Crippen LogP contribution is -2.34. The van der Waals surface area contributed by atoms with Crippen LogP contribution in [0.1, 0.15) is 23.3 Å². The van der Waals surface area contributed by atoms with Crippen LogP contribution in [0.25, 0.3) is 0 Å². The average molecular weight is 206 g/mol. The molecule has 2 rings (SSSR count). The predicted molar refractivity (Wildman–Crippen MR) is 60.0 cm³/mol. The lowest BCUT2D eigenvalue weighted by molar-refractivity contribution is 0.111. The van der Waals surface area contributed by atoms with E-state index < -0.39 is 0 Å². The first-order valence-electron chi connectivity index (χ1n) is 5.58. The molecule has 0 saturated carbocycles. The van der Waals surface area contributed by atoms with Crippen LogP contribution in [0.3, 0.4) is 0 Å². The van der Waals surface area contributed by atoms with Crippen LogP contribution in [-0.2, 0) is 6.54 Å². The topological polar surface area (TPSA) is 25.2 Å². The predicted octanol–water partition coefficient (Wildman–Crippen LogP) is 1.64. The Labute approximate surface area is 90.7 Å². The van der Waals surface area contributed by atoms with E-state index in [2.05, 4.69) is 16.5 Å². The first-order chi connectivity index (χ1) is 7.29. The molecular formula is C12H18N2O. The van der Waals surface area contributed by atoms with Crippen LogP contribution >= 0.6 is 0 Å². The number of nitrogens with zero attached hydrogens (tertiary/aromatic N) is 2. The van der Waals surface area contributed by atoms with E-state index in [1.807, 2.05) is 18.3 Å². The molecule has 0 spiro atoms. The second-order valence-electron chi connectivity index (χ2n) is 4.47. The SMILES string of the molecule is CN1CCCC(Cn2cccc2C=O)C1. The molecule has 0 aliphatic carbocycles. The molecular weight excluding hydrogens is 188 g/mol. The van der Waals surface area contributed by atoms with Gasteiger partial charge in [0.1, 0.15) is 0 Å². The van der Waals surface area contributed by atoms with E-state index in [1.165, 1.54) is 19.4 Å². The second-order valence-corrected chi connectivity index (χ2v) is 4.47. The highest BCUT2D eigenvalue weighted by Crippen LogP contribution is 2.17. The van der Waals surface area contributed by atoms with Crippen molar-refractivity contribution in [1.82, 2.24) is 9.47 Å². The Bertz CT molecular complexity index is 332. The molecule has 1 unspecified atom stereocenters. The van der Waals surface area contributed by atoms with Crippen LogP contribution in [0, 0.1) is 5.92 Å². The molecule has 1 aliphatic rings. The van der Waals surface area contributed by atoms with Gasteiger partial charge in [-0.25, -0.2) is 0 Å². The first-order valence-corrected chi connectivity index (χ1v) is 5.58. The molecule has 0 aromatic carbocycles. The van der Waals surface area contributed by atoms with Crippen molar-refractivity contribution in [2.45, 2.75) is 19.4 Å². The van der Waals surface area contributed by atoms with Crippen LogP contribution in [0.4, 0.5) is 0 Å². The number of likely N-dealkylation sites (tertiary alicyclic amines) is 1. The molecule has 0 radical (unpaired) electrons. The monoisotopic (exact) mass is 206 g/mol. The van der Waals surface area contributed by atoms with Gasteiger partial charge in [0.05, 0.1) is 5.69 Å². The lowest BCUT2D eigenvalue weighted by Gasteiger charge is -2.30. The van der Waals surface area contributed by atoms with Crippen LogP contribution < -0.4 is 0 Å². The molecule has 1 saturated heterocycles. The van der Waals surface area contributed by atoms with Gasteiger partial charge in [0, 0.05) is 19.3 Å². The minimum absolute atomic E-state index is 0.690. The fraction of sp³-hybridized carbons (Fsp3) is 0.583.